The highest BCUT2D eigenvalue weighted by Crippen LogP contribution is 2.41. The van der Waals surface area contributed by atoms with Gasteiger partial charge in [-0.1, -0.05) is 13.8 Å². The number of carbonyl (C=O) groups excluding carboxylic acids is 1. The van der Waals surface area contributed by atoms with Crippen molar-refractivity contribution in [2.45, 2.75) is 57.3 Å². The number of hydrogen-bond acceptors (Lipinski definition) is 4. The van der Waals surface area contributed by atoms with E-state index in [0.717, 1.165) is 43.7 Å². The minimum Gasteiger partial charge on any atom is -0.314 e. The highest BCUT2D eigenvalue weighted by atomic mass is 32.2. The standard InChI is InChI=1S/C22H35N3O3S/c1-16(2)8-11-25-12-9-17(10-13-25)15-23-29(27,28)18-6-7-20-19(14-18)22(3,4)21(26)24(20)5/h6-7,14,16-17,23H,8-13,15H2,1-5H3. The first kappa shape index (κ1) is 22.2. The third kappa shape index (κ3) is 4.67. The minimum absolute atomic E-state index is 0.0146. The zero-order valence-electron chi connectivity index (χ0n) is 18.4. The summed E-state index contributed by atoms with van der Waals surface area (Å²) in [6, 6.07) is 5.00. The first-order valence-corrected chi connectivity index (χ1v) is 12.2. The van der Waals surface area contributed by atoms with E-state index in [-0.39, 0.29) is 10.8 Å². The zero-order valence-corrected chi connectivity index (χ0v) is 19.2. The molecule has 162 valence electrons. The smallest absolute Gasteiger partial charge is 0.240 e. The highest BCUT2D eigenvalue weighted by Gasteiger charge is 2.42. The molecule has 0 atom stereocenters. The van der Waals surface area contributed by atoms with E-state index >= 15 is 0 Å². The van der Waals surface area contributed by atoms with Crippen molar-refractivity contribution >= 4 is 21.6 Å². The molecule has 6 nitrogen and oxygen atoms in total. The van der Waals surface area contributed by atoms with E-state index in [1.165, 1.54) is 6.42 Å². The van der Waals surface area contributed by atoms with Gasteiger partial charge in [0.05, 0.1) is 10.3 Å². The molecule has 1 fully saturated rings. The zero-order chi connectivity index (χ0) is 21.4. The van der Waals surface area contributed by atoms with E-state index in [2.05, 4.69) is 23.5 Å². The average Bonchev–Trinajstić information content (AvgIpc) is 2.86. The lowest BCUT2D eigenvalue weighted by atomic mass is 9.86. The molecule has 0 bridgehead atoms. The van der Waals surface area contributed by atoms with Crippen LogP contribution >= 0.6 is 0 Å². The Hall–Kier alpha value is -1.44. The van der Waals surface area contributed by atoms with Crippen molar-refractivity contribution in [2.24, 2.45) is 11.8 Å². The molecular formula is C22H35N3O3S. The molecule has 0 spiro atoms. The number of piperidine rings is 1. The Morgan fingerprint density at radius 2 is 1.86 bits per heavy atom. The van der Waals surface area contributed by atoms with Crippen molar-refractivity contribution < 1.29 is 13.2 Å². The fraction of sp³-hybridized carbons (Fsp3) is 0.682. The van der Waals surface area contributed by atoms with Gasteiger partial charge in [0.2, 0.25) is 15.9 Å². The number of nitrogens with one attached hydrogen (secondary N) is 1. The molecule has 2 aliphatic heterocycles. The summed E-state index contributed by atoms with van der Waals surface area (Å²) in [7, 11) is -1.86. The van der Waals surface area contributed by atoms with Crippen LogP contribution in [0.5, 0.6) is 0 Å². The van der Waals surface area contributed by atoms with Gasteiger partial charge in [-0.25, -0.2) is 13.1 Å². The van der Waals surface area contributed by atoms with Crippen LogP contribution in [-0.4, -0.2) is 52.5 Å². The van der Waals surface area contributed by atoms with Crippen molar-refractivity contribution in [3.05, 3.63) is 23.8 Å². The summed E-state index contributed by atoms with van der Waals surface area (Å²) < 4.78 is 28.5. The number of carbonyl (C=O) groups is 1. The summed E-state index contributed by atoms with van der Waals surface area (Å²) in [5.74, 6) is 1.07. The topological polar surface area (TPSA) is 69.7 Å². The Labute approximate surface area is 175 Å². The number of likely N-dealkylation sites (N-methyl/N-ethyl adjacent to an activating group) is 1. The molecule has 3 rings (SSSR count). The lowest BCUT2D eigenvalue weighted by Gasteiger charge is -2.32. The third-order valence-corrected chi connectivity index (χ3v) is 7.87. The minimum atomic E-state index is -3.59. The van der Waals surface area contributed by atoms with Crippen molar-refractivity contribution in [3.63, 3.8) is 0 Å². The van der Waals surface area contributed by atoms with Crippen LogP contribution in [0, 0.1) is 11.8 Å². The molecule has 29 heavy (non-hydrogen) atoms. The second kappa shape index (κ2) is 8.36. The highest BCUT2D eigenvalue weighted by molar-refractivity contribution is 7.89. The maximum absolute atomic E-state index is 12.9. The molecule has 1 amide bonds. The number of nitrogens with zero attached hydrogens (tertiary/aromatic N) is 2. The SMILES string of the molecule is CC(C)CCN1CCC(CNS(=O)(=O)c2ccc3c(c2)C(C)(C)C(=O)N3C)CC1. The maximum Gasteiger partial charge on any atom is 0.240 e. The second-order valence-corrected chi connectivity index (χ2v) is 11.3. The first-order valence-electron chi connectivity index (χ1n) is 10.7. The molecule has 0 radical (unpaired) electrons. The number of anilines is 1. The first-order chi connectivity index (χ1) is 13.5. The van der Waals surface area contributed by atoms with Gasteiger partial charge in [-0.15, -0.1) is 0 Å². The van der Waals surface area contributed by atoms with E-state index in [9.17, 15) is 13.2 Å². The number of benzene rings is 1. The molecule has 1 saturated heterocycles. The number of fused-ring (bicyclic) bond motifs is 1. The number of likely N-dealkylation sites (tertiary alicyclic amines) is 1. The molecule has 1 N–H and O–H groups in total. The van der Waals surface area contributed by atoms with Gasteiger partial charge in [-0.3, -0.25) is 4.79 Å². The van der Waals surface area contributed by atoms with Crippen LogP contribution < -0.4 is 9.62 Å². The lowest BCUT2D eigenvalue weighted by Crippen LogP contribution is -2.39. The number of hydrogen-bond donors (Lipinski definition) is 1. The molecule has 0 aromatic heterocycles. The molecular weight excluding hydrogens is 386 g/mol. The predicted molar refractivity (Wildman–Crippen MR) is 117 cm³/mol. The van der Waals surface area contributed by atoms with E-state index in [1.54, 1.807) is 30.1 Å². The number of amides is 1. The molecule has 0 aliphatic carbocycles. The monoisotopic (exact) mass is 421 g/mol. The summed E-state index contributed by atoms with van der Waals surface area (Å²) in [5, 5.41) is 0. The summed E-state index contributed by atoms with van der Waals surface area (Å²) in [6.07, 6.45) is 3.26. The Kier molecular flexibility index (Phi) is 6.41. The fourth-order valence-electron chi connectivity index (χ4n) is 4.29. The Morgan fingerprint density at radius 3 is 2.48 bits per heavy atom. The maximum atomic E-state index is 12.9. The van der Waals surface area contributed by atoms with Crippen LogP contribution in [-0.2, 0) is 20.2 Å². The normalized spacial score (nSPS) is 20.5. The van der Waals surface area contributed by atoms with Gasteiger partial charge in [0, 0.05) is 19.3 Å². The third-order valence-electron chi connectivity index (χ3n) is 6.44. The summed E-state index contributed by atoms with van der Waals surface area (Å²) in [5.41, 5.74) is 0.845. The molecule has 0 unspecified atom stereocenters. The average molecular weight is 422 g/mol. The van der Waals surface area contributed by atoms with E-state index < -0.39 is 15.4 Å². The molecule has 1 aromatic rings. The van der Waals surface area contributed by atoms with Gasteiger partial charge >= 0.3 is 0 Å². The van der Waals surface area contributed by atoms with Gasteiger partial charge < -0.3 is 9.80 Å². The van der Waals surface area contributed by atoms with Crippen LogP contribution in [0.15, 0.2) is 23.1 Å². The van der Waals surface area contributed by atoms with Gasteiger partial charge in [-0.05, 0) is 88.3 Å². The van der Waals surface area contributed by atoms with Gasteiger partial charge in [0.25, 0.3) is 0 Å². The molecule has 7 heteroatoms. The number of rotatable bonds is 7. The van der Waals surface area contributed by atoms with Crippen molar-refractivity contribution in [1.29, 1.82) is 0 Å². The molecule has 2 aliphatic rings. The molecule has 1 aromatic carbocycles. The summed E-state index contributed by atoms with van der Waals surface area (Å²) in [4.78, 5) is 16.8. The Bertz CT molecular complexity index is 856. The van der Waals surface area contributed by atoms with Crippen LogP contribution in [0.25, 0.3) is 0 Å². The molecule has 0 saturated carbocycles. The van der Waals surface area contributed by atoms with E-state index in [1.807, 2.05) is 13.8 Å². The Balaban J connectivity index is 1.61. The van der Waals surface area contributed by atoms with Gasteiger partial charge in [-0.2, -0.15) is 0 Å². The van der Waals surface area contributed by atoms with E-state index in [0.29, 0.717) is 18.4 Å². The van der Waals surface area contributed by atoms with E-state index in [4.69, 9.17) is 0 Å². The van der Waals surface area contributed by atoms with Crippen LogP contribution in [0.3, 0.4) is 0 Å². The van der Waals surface area contributed by atoms with Crippen molar-refractivity contribution in [1.82, 2.24) is 9.62 Å². The summed E-state index contributed by atoms with van der Waals surface area (Å²) in [6.45, 7) is 11.9. The van der Waals surface area contributed by atoms with Crippen LogP contribution in [0.4, 0.5) is 5.69 Å². The molecule has 2 heterocycles. The second-order valence-electron chi connectivity index (χ2n) is 9.49. The number of sulfonamides is 1. The van der Waals surface area contributed by atoms with Crippen LogP contribution in [0.2, 0.25) is 0 Å². The largest absolute Gasteiger partial charge is 0.314 e. The van der Waals surface area contributed by atoms with Crippen LogP contribution in [0.1, 0.15) is 52.5 Å². The summed E-state index contributed by atoms with van der Waals surface area (Å²) >= 11 is 0. The van der Waals surface area contributed by atoms with Crippen molar-refractivity contribution in [3.8, 4) is 0 Å². The Morgan fingerprint density at radius 1 is 1.21 bits per heavy atom. The van der Waals surface area contributed by atoms with Crippen molar-refractivity contribution in [2.75, 3.05) is 38.1 Å². The predicted octanol–water partition coefficient (Wildman–Crippen LogP) is 2.98. The quantitative estimate of drug-likeness (QED) is 0.735. The lowest BCUT2D eigenvalue weighted by molar-refractivity contribution is -0.121. The van der Waals surface area contributed by atoms with Gasteiger partial charge in [0.15, 0.2) is 0 Å². The van der Waals surface area contributed by atoms with Gasteiger partial charge in [0.1, 0.15) is 0 Å². The fourth-order valence-corrected chi connectivity index (χ4v) is 5.43.